The smallest absolute Gasteiger partial charge is 0.0567 e. The van der Waals surface area contributed by atoms with Crippen LogP contribution in [-0.2, 0) is 6.42 Å². The maximum Gasteiger partial charge on any atom is 0.0567 e. The van der Waals surface area contributed by atoms with Crippen molar-refractivity contribution in [2.24, 2.45) is 11.8 Å². The Hall–Kier alpha value is -2.35. The van der Waals surface area contributed by atoms with Crippen LogP contribution in [-0.4, -0.2) is 9.55 Å². The molecule has 2 aromatic rings. The molecule has 27 heavy (non-hydrogen) atoms. The van der Waals surface area contributed by atoms with Gasteiger partial charge < -0.3 is 4.57 Å². The molecule has 2 aromatic heterocycles. The third kappa shape index (κ3) is 2.22. The van der Waals surface area contributed by atoms with Crippen molar-refractivity contribution >= 4 is 22.2 Å². The van der Waals surface area contributed by atoms with Crippen LogP contribution in [0.5, 0.6) is 0 Å². The van der Waals surface area contributed by atoms with Gasteiger partial charge in [0.25, 0.3) is 0 Å². The van der Waals surface area contributed by atoms with Crippen molar-refractivity contribution in [3.8, 4) is 0 Å². The predicted octanol–water partition coefficient (Wildman–Crippen LogP) is 6.30. The first kappa shape index (κ1) is 15.7. The molecular weight excluding hydrogens is 328 g/mol. The summed E-state index contributed by atoms with van der Waals surface area (Å²) in [6, 6.07) is 2.22. The summed E-state index contributed by atoms with van der Waals surface area (Å²) in [6.45, 7) is 4.64. The summed E-state index contributed by atoms with van der Waals surface area (Å²) in [5, 5.41) is 1.36. The molecule has 0 saturated carbocycles. The molecule has 0 saturated heterocycles. The molecule has 0 bridgehead atoms. The summed E-state index contributed by atoms with van der Waals surface area (Å²) >= 11 is 0. The molecule has 0 N–H and O–H groups in total. The third-order valence-corrected chi connectivity index (χ3v) is 7.46. The van der Waals surface area contributed by atoms with Crippen molar-refractivity contribution in [3.63, 3.8) is 0 Å². The van der Waals surface area contributed by atoms with Gasteiger partial charge in [-0.15, -0.1) is 0 Å². The normalized spacial score (nSPS) is 24.1. The Morgan fingerprint density at radius 1 is 1.15 bits per heavy atom. The molecule has 1 unspecified atom stereocenters. The number of hydrogen-bond donors (Lipinski definition) is 0. The van der Waals surface area contributed by atoms with E-state index in [2.05, 4.69) is 53.9 Å². The Balaban J connectivity index is 1.46. The number of fused-ring (bicyclic) bond motifs is 4. The first-order valence-corrected chi connectivity index (χ1v) is 10.5. The second-order valence-corrected chi connectivity index (χ2v) is 8.82. The minimum Gasteiger partial charge on any atom is -0.312 e. The van der Waals surface area contributed by atoms with E-state index in [1.54, 1.807) is 22.4 Å². The van der Waals surface area contributed by atoms with E-state index in [-0.39, 0.29) is 0 Å². The molecule has 6 rings (SSSR count). The van der Waals surface area contributed by atoms with Gasteiger partial charge in [0.15, 0.2) is 0 Å². The Labute approximate surface area is 161 Å². The summed E-state index contributed by atoms with van der Waals surface area (Å²) in [4.78, 5) is 4.44. The van der Waals surface area contributed by atoms with Crippen LogP contribution >= 0.6 is 0 Å². The average Bonchev–Trinajstić information content (AvgIpc) is 3.16. The minimum atomic E-state index is 0.810. The molecule has 0 amide bonds. The molecule has 0 spiro atoms. The summed E-state index contributed by atoms with van der Waals surface area (Å²) in [5.74, 6) is 1.64. The lowest BCUT2D eigenvalue weighted by atomic mass is 9.82. The van der Waals surface area contributed by atoms with Crippen LogP contribution in [0.4, 0.5) is 0 Å². The standard InChI is InChI=1S/C25H26N2/c1-15-16(2)21(15)13-17-6-9-23-19(12-17)8-7-18-4-3-5-20-22-14-26-11-10-24(22)27(23)25(18)20/h4,7-8,10-11,14,17,21H,3,5-6,9,12-13H2,1-2H3. The van der Waals surface area contributed by atoms with Gasteiger partial charge >= 0.3 is 0 Å². The fourth-order valence-electron chi connectivity index (χ4n) is 5.73. The zero-order valence-corrected chi connectivity index (χ0v) is 16.3. The van der Waals surface area contributed by atoms with E-state index in [1.807, 2.05) is 6.20 Å². The molecule has 1 atom stereocenters. The van der Waals surface area contributed by atoms with Crippen LogP contribution in [0.3, 0.4) is 0 Å². The van der Waals surface area contributed by atoms with Gasteiger partial charge in [0.1, 0.15) is 0 Å². The minimum absolute atomic E-state index is 0.810. The molecule has 1 aliphatic heterocycles. The van der Waals surface area contributed by atoms with Crippen LogP contribution in [0.25, 0.3) is 22.2 Å². The average molecular weight is 354 g/mol. The van der Waals surface area contributed by atoms with Gasteiger partial charge in [-0.3, -0.25) is 4.98 Å². The van der Waals surface area contributed by atoms with Gasteiger partial charge in [0.2, 0.25) is 0 Å². The number of pyridine rings is 1. The van der Waals surface area contributed by atoms with Crippen LogP contribution in [0, 0.1) is 11.8 Å². The van der Waals surface area contributed by atoms with Crippen molar-refractivity contribution in [1.29, 1.82) is 0 Å². The highest BCUT2D eigenvalue weighted by Gasteiger charge is 2.34. The van der Waals surface area contributed by atoms with Crippen LogP contribution in [0.2, 0.25) is 0 Å². The molecule has 136 valence electrons. The van der Waals surface area contributed by atoms with Crippen LogP contribution in [0.15, 0.2) is 53.4 Å². The van der Waals surface area contributed by atoms with E-state index in [0.29, 0.717) is 0 Å². The zero-order chi connectivity index (χ0) is 18.1. The molecule has 2 heteroatoms. The van der Waals surface area contributed by atoms with Crippen LogP contribution in [0.1, 0.15) is 57.2 Å². The molecule has 2 nitrogen and oxygen atoms in total. The van der Waals surface area contributed by atoms with Crippen molar-refractivity contribution in [3.05, 3.63) is 64.7 Å². The maximum absolute atomic E-state index is 4.44. The fourth-order valence-corrected chi connectivity index (χ4v) is 5.73. The van der Waals surface area contributed by atoms with E-state index in [4.69, 9.17) is 0 Å². The van der Waals surface area contributed by atoms with Gasteiger partial charge in [-0.25, -0.2) is 0 Å². The van der Waals surface area contributed by atoms with Gasteiger partial charge in [-0.2, -0.15) is 0 Å². The highest BCUT2D eigenvalue weighted by Crippen LogP contribution is 2.48. The molecule has 0 radical (unpaired) electrons. The second-order valence-electron chi connectivity index (χ2n) is 8.82. The Morgan fingerprint density at radius 2 is 2.04 bits per heavy atom. The Bertz CT molecular complexity index is 1090. The van der Waals surface area contributed by atoms with Gasteiger partial charge in [-0.05, 0) is 81.1 Å². The second kappa shape index (κ2) is 5.58. The summed E-state index contributed by atoms with van der Waals surface area (Å²) in [7, 11) is 0. The summed E-state index contributed by atoms with van der Waals surface area (Å²) in [5.41, 5.74) is 12.1. The highest BCUT2D eigenvalue weighted by molar-refractivity contribution is 5.96. The lowest BCUT2D eigenvalue weighted by molar-refractivity contribution is 0.419. The van der Waals surface area contributed by atoms with Gasteiger partial charge in [0, 0.05) is 29.4 Å². The molecule has 0 aromatic carbocycles. The Morgan fingerprint density at radius 3 is 2.89 bits per heavy atom. The number of nitrogens with zero attached hydrogens (tertiary/aromatic N) is 2. The quantitative estimate of drug-likeness (QED) is 0.578. The predicted molar refractivity (Wildman–Crippen MR) is 112 cm³/mol. The lowest BCUT2D eigenvalue weighted by Gasteiger charge is -2.28. The summed E-state index contributed by atoms with van der Waals surface area (Å²) in [6.07, 6.45) is 18.7. The molecule has 4 aliphatic rings. The van der Waals surface area contributed by atoms with E-state index in [0.717, 1.165) is 24.7 Å². The molecule has 0 fully saturated rings. The number of aryl methyl sites for hydroxylation is 1. The van der Waals surface area contributed by atoms with Crippen molar-refractivity contribution < 1.29 is 0 Å². The van der Waals surface area contributed by atoms with E-state index >= 15 is 0 Å². The monoisotopic (exact) mass is 354 g/mol. The van der Waals surface area contributed by atoms with Crippen molar-refractivity contribution in [2.45, 2.75) is 52.4 Å². The SMILES string of the molecule is CC1=C(C)C1CC1CCC2=C(C=CC3=CCCc4c3n2c2ccncc42)C1. The lowest BCUT2D eigenvalue weighted by Crippen LogP contribution is -2.14. The molecular formula is C25H26N2. The van der Waals surface area contributed by atoms with Crippen LogP contribution < -0.4 is 0 Å². The molecule has 3 heterocycles. The number of allylic oxidation sites excluding steroid dienone is 8. The first-order valence-electron chi connectivity index (χ1n) is 10.5. The first-order chi connectivity index (χ1) is 13.2. The maximum atomic E-state index is 4.44. The Kier molecular flexibility index (Phi) is 3.24. The number of rotatable bonds is 2. The van der Waals surface area contributed by atoms with Gasteiger partial charge in [0.05, 0.1) is 11.2 Å². The number of aromatic nitrogens is 2. The van der Waals surface area contributed by atoms with E-state index < -0.39 is 0 Å². The highest BCUT2D eigenvalue weighted by atomic mass is 15.0. The largest absolute Gasteiger partial charge is 0.312 e. The molecule has 3 aliphatic carbocycles. The van der Waals surface area contributed by atoms with E-state index in [9.17, 15) is 0 Å². The summed E-state index contributed by atoms with van der Waals surface area (Å²) < 4.78 is 2.59. The van der Waals surface area contributed by atoms with Gasteiger partial charge in [-0.1, -0.05) is 29.4 Å². The zero-order valence-electron chi connectivity index (χ0n) is 16.3. The fraction of sp³-hybridized carbons (Fsp3) is 0.400. The third-order valence-electron chi connectivity index (χ3n) is 7.46. The van der Waals surface area contributed by atoms with E-state index in [1.165, 1.54) is 53.4 Å². The van der Waals surface area contributed by atoms with Crippen molar-refractivity contribution in [2.75, 3.05) is 0 Å². The number of hydrogen-bond acceptors (Lipinski definition) is 1. The topological polar surface area (TPSA) is 17.8 Å². The van der Waals surface area contributed by atoms with Crippen molar-refractivity contribution in [1.82, 2.24) is 9.55 Å².